The van der Waals surface area contributed by atoms with Crippen LogP contribution in [0.25, 0.3) is 0 Å². The van der Waals surface area contributed by atoms with E-state index in [0.29, 0.717) is 11.3 Å². The Labute approximate surface area is 164 Å². The van der Waals surface area contributed by atoms with E-state index >= 15 is 0 Å². The molecule has 150 valence electrons. The molecule has 1 aliphatic rings. The number of esters is 1. The van der Waals surface area contributed by atoms with Gasteiger partial charge < -0.3 is 30.3 Å². The highest BCUT2D eigenvalue weighted by Gasteiger charge is 2.39. The van der Waals surface area contributed by atoms with Gasteiger partial charge in [-0.25, -0.2) is 4.79 Å². The van der Waals surface area contributed by atoms with E-state index in [1.165, 1.54) is 31.6 Å². The minimum atomic E-state index is -0.748. The van der Waals surface area contributed by atoms with Crippen molar-refractivity contribution in [3.63, 3.8) is 0 Å². The van der Waals surface area contributed by atoms with Crippen molar-refractivity contribution in [2.75, 3.05) is 7.11 Å². The van der Waals surface area contributed by atoms with E-state index in [9.17, 15) is 25.0 Å². The molecule has 2 aromatic heterocycles. The first kappa shape index (κ1) is 19.9. The molecule has 0 radical (unpaired) electrons. The summed E-state index contributed by atoms with van der Waals surface area (Å²) in [6.45, 7) is 1.62. The SMILES string of the molecule is COC(=O)C1=C(C)N[C@@H](c2cccnc2[N+](=O)[O-])C[C@H]1c1cccnc1[N+](=O)[O-]. The first-order valence-corrected chi connectivity index (χ1v) is 8.59. The average molecular weight is 399 g/mol. The summed E-state index contributed by atoms with van der Waals surface area (Å²) in [6, 6.07) is 5.60. The van der Waals surface area contributed by atoms with Crippen LogP contribution in [0.4, 0.5) is 11.6 Å². The van der Waals surface area contributed by atoms with E-state index in [1.807, 2.05) is 0 Å². The molecular formula is C18H17N5O6. The fourth-order valence-electron chi connectivity index (χ4n) is 3.57. The number of nitro groups is 2. The minimum absolute atomic E-state index is 0.140. The van der Waals surface area contributed by atoms with Crippen LogP contribution in [0.1, 0.15) is 36.4 Å². The molecule has 2 atom stereocenters. The Balaban J connectivity index is 2.16. The van der Waals surface area contributed by atoms with Gasteiger partial charge in [0.1, 0.15) is 12.4 Å². The van der Waals surface area contributed by atoms with Crippen LogP contribution in [-0.2, 0) is 9.53 Å². The Morgan fingerprint density at radius 3 is 2.21 bits per heavy atom. The first-order valence-electron chi connectivity index (χ1n) is 8.59. The van der Waals surface area contributed by atoms with Gasteiger partial charge in [-0.2, -0.15) is 0 Å². The van der Waals surface area contributed by atoms with Crippen LogP contribution < -0.4 is 5.32 Å². The largest absolute Gasteiger partial charge is 0.466 e. The van der Waals surface area contributed by atoms with Crippen molar-refractivity contribution in [1.29, 1.82) is 0 Å². The van der Waals surface area contributed by atoms with Crippen LogP contribution in [0.15, 0.2) is 47.9 Å². The summed E-state index contributed by atoms with van der Waals surface area (Å²) in [5.41, 5.74) is 1.17. The molecule has 29 heavy (non-hydrogen) atoms. The van der Waals surface area contributed by atoms with E-state index in [-0.39, 0.29) is 29.2 Å². The van der Waals surface area contributed by atoms with Crippen LogP contribution >= 0.6 is 0 Å². The summed E-state index contributed by atoms with van der Waals surface area (Å²) in [6.07, 6.45) is 2.75. The van der Waals surface area contributed by atoms with Crippen LogP contribution in [-0.4, -0.2) is 32.9 Å². The van der Waals surface area contributed by atoms with E-state index < -0.39 is 27.8 Å². The third-order valence-electron chi connectivity index (χ3n) is 4.75. The molecule has 11 heteroatoms. The second-order valence-electron chi connectivity index (χ2n) is 6.36. The number of methoxy groups -OCH3 is 1. The Morgan fingerprint density at radius 1 is 1.10 bits per heavy atom. The van der Waals surface area contributed by atoms with Gasteiger partial charge in [0.2, 0.25) is 0 Å². The number of allylic oxidation sites excluding steroid dienone is 1. The fraction of sp³-hybridized carbons (Fsp3) is 0.278. The Bertz CT molecular complexity index is 1020. The van der Waals surface area contributed by atoms with Gasteiger partial charge in [0.25, 0.3) is 0 Å². The van der Waals surface area contributed by atoms with Crippen LogP contribution in [0, 0.1) is 20.2 Å². The maximum atomic E-state index is 12.4. The number of pyridine rings is 2. The first-order chi connectivity index (χ1) is 13.8. The van der Waals surface area contributed by atoms with Crippen molar-refractivity contribution in [3.8, 4) is 0 Å². The summed E-state index contributed by atoms with van der Waals surface area (Å²) in [4.78, 5) is 41.7. The number of hydrogen-bond donors (Lipinski definition) is 1. The Kier molecular flexibility index (Phi) is 5.48. The van der Waals surface area contributed by atoms with Gasteiger partial charge in [-0.3, -0.25) is 0 Å². The molecule has 0 saturated carbocycles. The zero-order valence-corrected chi connectivity index (χ0v) is 15.6. The zero-order valence-electron chi connectivity index (χ0n) is 15.6. The maximum absolute atomic E-state index is 12.4. The van der Waals surface area contributed by atoms with E-state index in [2.05, 4.69) is 15.3 Å². The third kappa shape index (κ3) is 3.74. The predicted octanol–water partition coefficient (Wildman–Crippen LogP) is 2.56. The quantitative estimate of drug-likeness (QED) is 0.454. The summed E-state index contributed by atoms with van der Waals surface area (Å²) in [7, 11) is 1.22. The van der Waals surface area contributed by atoms with Gasteiger partial charge in [0.15, 0.2) is 0 Å². The standard InChI is InChI=1S/C18H17N5O6/c1-10-15(18(24)29-2)13(11-5-3-7-19-16(11)22(25)26)9-14(21-10)12-6-4-8-20-17(12)23(27)28/h3-8,13-14,21H,9H2,1-2H3/t13-,14+/m0/s1. The van der Waals surface area contributed by atoms with Crippen molar-refractivity contribution >= 4 is 17.6 Å². The summed E-state index contributed by atoms with van der Waals surface area (Å²) < 4.78 is 4.87. The molecule has 0 aliphatic carbocycles. The average Bonchev–Trinajstić information content (AvgIpc) is 2.72. The number of hydrogen-bond acceptors (Lipinski definition) is 9. The zero-order chi connectivity index (χ0) is 21.1. The van der Waals surface area contributed by atoms with E-state index in [1.54, 1.807) is 19.1 Å². The lowest BCUT2D eigenvalue weighted by molar-refractivity contribution is -0.390. The molecule has 0 aromatic carbocycles. The smallest absolute Gasteiger partial charge is 0.368 e. The molecule has 0 saturated heterocycles. The van der Waals surface area contributed by atoms with Gasteiger partial charge in [-0.15, -0.1) is 0 Å². The lowest BCUT2D eigenvalue weighted by Crippen LogP contribution is -2.33. The summed E-state index contributed by atoms with van der Waals surface area (Å²) in [5, 5.41) is 26.0. The lowest BCUT2D eigenvalue weighted by atomic mass is 9.80. The van der Waals surface area contributed by atoms with Gasteiger partial charge in [-0.1, -0.05) is 0 Å². The fourth-order valence-corrected chi connectivity index (χ4v) is 3.57. The summed E-state index contributed by atoms with van der Waals surface area (Å²) >= 11 is 0. The number of ether oxygens (including phenoxy) is 1. The summed E-state index contributed by atoms with van der Waals surface area (Å²) in [5.74, 6) is -2.09. The van der Waals surface area contributed by atoms with E-state index in [0.717, 1.165) is 0 Å². The number of aromatic nitrogens is 2. The van der Waals surface area contributed by atoms with Gasteiger partial charge in [0.05, 0.1) is 29.9 Å². The monoisotopic (exact) mass is 399 g/mol. The van der Waals surface area contributed by atoms with Gasteiger partial charge >= 0.3 is 17.6 Å². The Hall–Kier alpha value is -3.89. The molecular weight excluding hydrogens is 382 g/mol. The maximum Gasteiger partial charge on any atom is 0.368 e. The van der Waals surface area contributed by atoms with Crippen molar-refractivity contribution in [1.82, 2.24) is 15.3 Å². The predicted molar refractivity (Wildman–Crippen MR) is 99.7 cm³/mol. The van der Waals surface area contributed by atoms with Gasteiger partial charge in [-0.05, 0) is 57.4 Å². The van der Waals surface area contributed by atoms with Crippen molar-refractivity contribution in [3.05, 3.63) is 79.3 Å². The van der Waals surface area contributed by atoms with Gasteiger partial charge in [0, 0.05) is 11.6 Å². The van der Waals surface area contributed by atoms with E-state index in [4.69, 9.17) is 4.74 Å². The molecule has 11 nitrogen and oxygen atoms in total. The molecule has 1 aliphatic heterocycles. The molecule has 3 rings (SSSR count). The lowest BCUT2D eigenvalue weighted by Gasteiger charge is -2.33. The van der Waals surface area contributed by atoms with Crippen molar-refractivity contribution in [2.24, 2.45) is 0 Å². The molecule has 0 unspecified atom stereocenters. The molecule has 1 N–H and O–H groups in total. The number of rotatable bonds is 5. The van der Waals surface area contributed by atoms with Crippen LogP contribution in [0.2, 0.25) is 0 Å². The molecule has 0 amide bonds. The normalized spacial score (nSPS) is 18.7. The number of nitrogens with zero attached hydrogens (tertiary/aromatic N) is 4. The second-order valence-corrected chi connectivity index (χ2v) is 6.36. The third-order valence-corrected chi connectivity index (χ3v) is 4.75. The molecule has 3 heterocycles. The molecule has 0 bridgehead atoms. The molecule has 2 aromatic rings. The van der Waals surface area contributed by atoms with Crippen molar-refractivity contribution in [2.45, 2.75) is 25.3 Å². The highest BCUT2D eigenvalue weighted by Crippen LogP contribution is 2.43. The van der Waals surface area contributed by atoms with Crippen LogP contribution in [0.3, 0.4) is 0 Å². The second kappa shape index (κ2) is 8.00. The van der Waals surface area contributed by atoms with Crippen LogP contribution in [0.5, 0.6) is 0 Å². The number of carbonyl (C=O) groups is 1. The molecule has 0 spiro atoms. The number of nitrogens with one attached hydrogen (secondary N) is 1. The highest BCUT2D eigenvalue weighted by molar-refractivity contribution is 5.91. The minimum Gasteiger partial charge on any atom is -0.466 e. The number of carbonyl (C=O) groups excluding carboxylic acids is 1. The molecule has 0 fully saturated rings. The van der Waals surface area contributed by atoms with Crippen molar-refractivity contribution < 1.29 is 19.4 Å². The Morgan fingerprint density at radius 2 is 1.66 bits per heavy atom. The highest BCUT2D eigenvalue weighted by atomic mass is 16.6. The topological polar surface area (TPSA) is 150 Å².